The molecule has 0 fully saturated rings. The first-order valence-corrected chi connectivity index (χ1v) is 11.8. The van der Waals surface area contributed by atoms with Gasteiger partial charge in [0, 0.05) is 11.3 Å². The van der Waals surface area contributed by atoms with E-state index in [2.05, 4.69) is 20.1 Å². The molecule has 3 aromatic carbocycles. The van der Waals surface area contributed by atoms with Crippen LogP contribution in [0.1, 0.15) is 34.5 Å². The summed E-state index contributed by atoms with van der Waals surface area (Å²) in [6.07, 6.45) is 3.07. The van der Waals surface area contributed by atoms with Gasteiger partial charge in [-0.05, 0) is 61.9 Å². The van der Waals surface area contributed by atoms with Crippen LogP contribution in [0.25, 0.3) is 5.69 Å². The lowest BCUT2D eigenvalue weighted by molar-refractivity contribution is 0.0939. The maximum atomic E-state index is 12.8. The van der Waals surface area contributed by atoms with Gasteiger partial charge in [0.25, 0.3) is 15.9 Å². The van der Waals surface area contributed by atoms with E-state index in [1.807, 2.05) is 50.2 Å². The lowest BCUT2D eigenvalue weighted by atomic mass is 10.1. The van der Waals surface area contributed by atoms with E-state index in [1.54, 1.807) is 35.3 Å². The third-order valence-corrected chi connectivity index (χ3v) is 6.51. The third-order valence-electron chi connectivity index (χ3n) is 5.13. The van der Waals surface area contributed by atoms with Crippen LogP contribution in [0.15, 0.2) is 90.3 Å². The molecule has 0 aliphatic carbocycles. The summed E-state index contributed by atoms with van der Waals surface area (Å²) < 4.78 is 29.7. The number of hydrogen-bond donors (Lipinski definition) is 2. The molecule has 1 unspecified atom stereocenters. The Morgan fingerprint density at radius 2 is 1.73 bits per heavy atom. The fourth-order valence-electron chi connectivity index (χ4n) is 3.26. The van der Waals surface area contributed by atoms with E-state index in [4.69, 9.17) is 0 Å². The van der Waals surface area contributed by atoms with Gasteiger partial charge >= 0.3 is 0 Å². The van der Waals surface area contributed by atoms with Crippen molar-refractivity contribution in [2.24, 2.45) is 0 Å². The summed E-state index contributed by atoms with van der Waals surface area (Å²) in [5.41, 5.74) is 3.50. The van der Waals surface area contributed by atoms with Crippen molar-refractivity contribution in [3.05, 3.63) is 102 Å². The van der Waals surface area contributed by atoms with Crippen molar-refractivity contribution in [3.63, 3.8) is 0 Å². The summed E-state index contributed by atoms with van der Waals surface area (Å²) in [6.45, 7) is 3.79. The molecular formula is C24H23N5O3S. The zero-order valence-corrected chi connectivity index (χ0v) is 19.0. The average Bonchev–Trinajstić information content (AvgIpc) is 3.36. The number of hydrogen-bond acceptors (Lipinski definition) is 5. The largest absolute Gasteiger partial charge is 0.346 e. The van der Waals surface area contributed by atoms with E-state index in [0.717, 1.165) is 16.8 Å². The van der Waals surface area contributed by atoms with Crippen molar-refractivity contribution < 1.29 is 13.2 Å². The van der Waals surface area contributed by atoms with Gasteiger partial charge in [-0.2, -0.15) is 5.10 Å². The highest BCUT2D eigenvalue weighted by molar-refractivity contribution is 7.92. The van der Waals surface area contributed by atoms with E-state index < -0.39 is 10.0 Å². The number of carbonyl (C=O) groups is 1. The summed E-state index contributed by atoms with van der Waals surface area (Å²) in [5, 5.41) is 7.00. The molecule has 0 aliphatic heterocycles. The Morgan fingerprint density at radius 1 is 1.00 bits per heavy atom. The topological polar surface area (TPSA) is 106 Å². The smallest absolute Gasteiger partial charge is 0.261 e. The Hall–Kier alpha value is -3.98. The van der Waals surface area contributed by atoms with Gasteiger partial charge in [0.1, 0.15) is 12.7 Å². The number of aromatic nitrogens is 3. The molecule has 33 heavy (non-hydrogen) atoms. The molecule has 0 spiro atoms. The minimum Gasteiger partial charge on any atom is -0.346 e. The predicted molar refractivity (Wildman–Crippen MR) is 126 cm³/mol. The van der Waals surface area contributed by atoms with Crippen molar-refractivity contribution in [2.45, 2.75) is 24.8 Å². The average molecular weight is 462 g/mol. The summed E-state index contributed by atoms with van der Waals surface area (Å²) in [4.78, 5) is 16.8. The highest BCUT2D eigenvalue weighted by atomic mass is 32.2. The zero-order valence-electron chi connectivity index (χ0n) is 18.1. The van der Waals surface area contributed by atoms with Gasteiger partial charge in [0.05, 0.1) is 16.6 Å². The number of nitrogens with zero attached hydrogens (tertiary/aromatic N) is 3. The second kappa shape index (κ2) is 9.25. The summed E-state index contributed by atoms with van der Waals surface area (Å²) in [7, 11) is -3.83. The first-order valence-electron chi connectivity index (χ1n) is 10.3. The molecule has 8 nitrogen and oxygen atoms in total. The highest BCUT2D eigenvalue weighted by Crippen LogP contribution is 2.19. The molecule has 1 amide bonds. The van der Waals surface area contributed by atoms with Crippen LogP contribution in [0, 0.1) is 6.92 Å². The monoisotopic (exact) mass is 461 g/mol. The molecule has 0 aliphatic rings. The molecule has 1 heterocycles. The number of aryl methyl sites for hydroxylation is 1. The molecule has 0 saturated heterocycles. The van der Waals surface area contributed by atoms with Crippen LogP contribution >= 0.6 is 0 Å². The van der Waals surface area contributed by atoms with Crippen LogP contribution in [0.5, 0.6) is 0 Å². The molecule has 4 rings (SSSR count). The van der Waals surface area contributed by atoms with Crippen LogP contribution in [0.3, 0.4) is 0 Å². The Morgan fingerprint density at radius 3 is 2.39 bits per heavy atom. The SMILES string of the molecule is Cc1ccc(NS(=O)(=O)c2cccc(C(=O)NC(C)c3ccc(-n4cncn4)cc3)c2)cc1. The van der Waals surface area contributed by atoms with Gasteiger partial charge in [-0.15, -0.1) is 0 Å². The quantitative estimate of drug-likeness (QED) is 0.435. The molecule has 4 aromatic rings. The van der Waals surface area contributed by atoms with E-state index in [-0.39, 0.29) is 22.4 Å². The standard InChI is InChI=1S/C24H23N5O3S/c1-17-6-10-21(11-7-17)28-33(31,32)23-5-3-4-20(14-23)24(30)27-18(2)19-8-12-22(13-9-19)29-16-25-15-26-29/h3-16,18,28H,1-2H3,(H,27,30). The van der Waals surface area contributed by atoms with Gasteiger partial charge < -0.3 is 5.32 Å². The number of sulfonamides is 1. The number of anilines is 1. The Bertz CT molecular complexity index is 1350. The predicted octanol–water partition coefficient (Wildman–Crippen LogP) is 3.87. The van der Waals surface area contributed by atoms with Crippen molar-refractivity contribution >= 4 is 21.6 Å². The number of amides is 1. The Kier molecular flexibility index (Phi) is 6.23. The maximum Gasteiger partial charge on any atom is 0.261 e. The van der Waals surface area contributed by atoms with Gasteiger partial charge in [-0.3, -0.25) is 9.52 Å². The molecule has 0 bridgehead atoms. The Labute approximate surface area is 192 Å². The minimum absolute atomic E-state index is 0.0144. The van der Waals surface area contributed by atoms with Crippen LogP contribution in [0.2, 0.25) is 0 Å². The number of rotatable bonds is 7. The summed E-state index contributed by atoms with van der Waals surface area (Å²) in [5.74, 6) is -0.366. The molecular weight excluding hydrogens is 438 g/mol. The molecule has 0 radical (unpaired) electrons. The fraction of sp³-hybridized carbons (Fsp3) is 0.125. The first-order chi connectivity index (χ1) is 15.8. The zero-order chi connectivity index (χ0) is 23.4. The lowest BCUT2D eigenvalue weighted by Crippen LogP contribution is -2.27. The molecule has 2 N–H and O–H groups in total. The highest BCUT2D eigenvalue weighted by Gasteiger charge is 2.18. The molecule has 168 valence electrons. The van der Waals surface area contributed by atoms with E-state index in [1.165, 1.54) is 18.5 Å². The van der Waals surface area contributed by atoms with Crippen molar-refractivity contribution in [2.75, 3.05) is 4.72 Å². The normalized spacial score (nSPS) is 12.2. The first kappa shape index (κ1) is 22.2. The maximum absolute atomic E-state index is 12.8. The number of nitrogens with one attached hydrogen (secondary N) is 2. The molecule has 1 atom stereocenters. The van der Waals surface area contributed by atoms with Crippen LogP contribution in [-0.2, 0) is 10.0 Å². The van der Waals surface area contributed by atoms with Crippen LogP contribution in [-0.4, -0.2) is 29.1 Å². The second-order valence-corrected chi connectivity index (χ2v) is 9.31. The fourth-order valence-corrected chi connectivity index (χ4v) is 4.36. The van der Waals surface area contributed by atoms with Crippen LogP contribution < -0.4 is 10.0 Å². The molecule has 1 aromatic heterocycles. The minimum atomic E-state index is -3.83. The van der Waals surface area contributed by atoms with E-state index >= 15 is 0 Å². The van der Waals surface area contributed by atoms with E-state index in [0.29, 0.717) is 5.69 Å². The van der Waals surface area contributed by atoms with Crippen molar-refractivity contribution in [1.82, 2.24) is 20.1 Å². The van der Waals surface area contributed by atoms with E-state index in [9.17, 15) is 13.2 Å². The van der Waals surface area contributed by atoms with Crippen molar-refractivity contribution in [3.8, 4) is 5.69 Å². The van der Waals surface area contributed by atoms with Crippen molar-refractivity contribution in [1.29, 1.82) is 0 Å². The van der Waals surface area contributed by atoms with Gasteiger partial charge in [-0.1, -0.05) is 35.9 Å². The molecule has 0 saturated carbocycles. The van der Waals surface area contributed by atoms with Crippen LogP contribution in [0.4, 0.5) is 5.69 Å². The summed E-state index contributed by atoms with van der Waals surface area (Å²) in [6, 6.07) is 20.3. The van der Waals surface area contributed by atoms with Gasteiger partial charge in [0.15, 0.2) is 0 Å². The summed E-state index contributed by atoms with van der Waals surface area (Å²) >= 11 is 0. The Balaban J connectivity index is 1.46. The lowest BCUT2D eigenvalue weighted by Gasteiger charge is -2.15. The number of benzene rings is 3. The number of carbonyl (C=O) groups excluding carboxylic acids is 1. The second-order valence-electron chi connectivity index (χ2n) is 7.63. The van der Waals surface area contributed by atoms with Gasteiger partial charge in [0.2, 0.25) is 0 Å². The third kappa shape index (κ3) is 5.27. The molecule has 9 heteroatoms. The van der Waals surface area contributed by atoms with Gasteiger partial charge in [-0.25, -0.2) is 18.1 Å².